The Morgan fingerprint density at radius 1 is 1.45 bits per heavy atom. The number of fused-ring (bicyclic) bond motifs is 1. The van der Waals surface area contributed by atoms with Crippen molar-refractivity contribution in [2.24, 2.45) is 0 Å². The smallest absolute Gasteiger partial charge is 0.293 e. The highest BCUT2D eigenvalue weighted by Gasteiger charge is 2.02. The zero-order chi connectivity index (χ0) is 7.84. The van der Waals surface area contributed by atoms with Crippen molar-refractivity contribution in [1.82, 2.24) is 4.98 Å². The van der Waals surface area contributed by atoms with E-state index in [0.29, 0.717) is 11.1 Å². The summed E-state index contributed by atoms with van der Waals surface area (Å²) in [6, 6.07) is 4.63. The molecule has 0 radical (unpaired) electrons. The maximum atomic E-state index is 9.01. The summed E-state index contributed by atoms with van der Waals surface area (Å²) in [4.78, 5) is 3.84. The van der Waals surface area contributed by atoms with Gasteiger partial charge in [-0.2, -0.15) is 4.98 Å². The Labute approximate surface area is 67.2 Å². The average molecular weight is 170 g/mol. The fraction of sp³-hybridized carbons (Fsp3) is 0. The Kier molecular flexibility index (Phi) is 1.26. The second kappa shape index (κ2) is 2.13. The Hall–Kier alpha value is -1.22. The summed E-state index contributed by atoms with van der Waals surface area (Å²) >= 11 is 5.48. The molecule has 0 saturated heterocycles. The Morgan fingerprint density at radius 2 is 2.27 bits per heavy atom. The van der Waals surface area contributed by atoms with Crippen LogP contribution in [-0.4, -0.2) is 10.1 Å². The van der Waals surface area contributed by atoms with Crippen LogP contribution in [0.4, 0.5) is 0 Å². The van der Waals surface area contributed by atoms with Gasteiger partial charge in [0.05, 0.1) is 0 Å². The van der Waals surface area contributed by atoms with Crippen LogP contribution in [0.2, 0.25) is 5.35 Å². The Bertz CT molecular complexity index is 396. The number of oxazole rings is 1. The van der Waals surface area contributed by atoms with E-state index in [-0.39, 0.29) is 11.1 Å². The Morgan fingerprint density at radius 3 is 3.09 bits per heavy atom. The summed E-state index contributed by atoms with van der Waals surface area (Å²) < 4.78 is 4.94. The molecule has 1 N–H and O–H groups in total. The molecule has 3 nitrogen and oxygen atoms in total. The topological polar surface area (TPSA) is 46.3 Å². The first kappa shape index (κ1) is 6.49. The molecule has 11 heavy (non-hydrogen) atoms. The van der Waals surface area contributed by atoms with Crippen LogP contribution in [0.5, 0.6) is 5.75 Å². The predicted molar refractivity (Wildman–Crippen MR) is 40.7 cm³/mol. The molecule has 56 valence electrons. The van der Waals surface area contributed by atoms with Gasteiger partial charge in [-0.3, -0.25) is 0 Å². The molecule has 0 amide bonds. The molecule has 0 bridgehead atoms. The van der Waals surface area contributed by atoms with Crippen molar-refractivity contribution in [1.29, 1.82) is 0 Å². The van der Waals surface area contributed by atoms with Gasteiger partial charge in [-0.1, -0.05) is 0 Å². The van der Waals surface area contributed by atoms with Crippen LogP contribution in [0.15, 0.2) is 22.6 Å². The molecule has 0 aliphatic carbocycles. The van der Waals surface area contributed by atoms with E-state index >= 15 is 0 Å². The lowest BCUT2D eigenvalue weighted by Crippen LogP contribution is -1.66. The number of aromatic nitrogens is 1. The van der Waals surface area contributed by atoms with E-state index in [0.717, 1.165) is 0 Å². The number of halogens is 1. The molecule has 0 saturated carbocycles. The number of hydrogen-bond donors (Lipinski definition) is 1. The van der Waals surface area contributed by atoms with Gasteiger partial charge in [0.1, 0.15) is 11.3 Å². The third-order valence-electron chi connectivity index (χ3n) is 1.35. The summed E-state index contributed by atoms with van der Waals surface area (Å²) in [5.74, 6) is 0.144. The van der Waals surface area contributed by atoms with E-state index in [1.165, 1.54) is 12.1 Å². The first-order chi connectivity index (χ1) is 5.25. The first-order valence-electron chi connectivity index (χ1n) is 3.01. The SMILES string of the molecule is Oc1ccc2nc(Cl)oc2c1. The molecule has 2 aromatic rings. The van der Waals surface area contributed by atoms with E-state index in [9.17, 15) is 0 Å². The van der Waals surface area contributed by atoms with Crippen LogP contribution < -0.4 is 0 Å². The highest BCUT2D eigenvalue weighted by Crippen LogP contribution is 2.22. The second-order valence-corrected chi connectivity index (χ2v) is 2.44. The van der Waals surface area contributed by atoms with Gasteiger partial charge in [0.25, 0.3) is 5.35 Å². The Balaban J connectivity index is 2.82. The van der Waals surface area contributed by atoms with E-state index in [4.69, 9.17) is 21.1 Å². The maximum Gasteiger partial charge on any atom is 0.293 e. The van der Waals surface area contributed by atoms with Crippen LogP contribution in [-0.2, 0) is 0 Å². The molecule has 4 heteroatoms. The lowest BCUT2D eigenvalue weighted by molar-refractivity contribution is 0.474. The van der Waals surface area contributed by atoms with Crippen LogP contribution >= 0.6 is 11.6 Å². The summed E-state index contributed by atoms with van der Waals surface area (Å²) in [6.07, 6.45) is 0. The van der Waals surface area contributed by atoms with Crippen molar-refractivity contribution >= 4 is 22.7 Å². The monoisotopic (exact) mass is 169 g/mol. The summed E-state index contributed by atoms with van der Waals surface area (Å²) in [5.41, 5.74) is 1.14. The van der Waals surface area contributed by atoms with Gasteiger partial charge < -0.3 is 9.52 Å². The van der Waals surface area contributed by atoms with Crippen LogP contribution in [0, 0.1) is 0 Å². The molecule has 1 heterocycles. The lowest BCUT2D eigenvalue weighted by atomic mass is 10.3. The number of hydrogen-bond acceptors (Lipinski definition) is 3. The third-order valence-corrected chi connectivity index (χ3v) is 1.51. The summed E-state index contributed by atoms with van der Waals surface area (Å²) in [5, 5.41) is 9.10. The largest absolute Gasteiger partial charge is 0.508 e. The van der Waals surface area contributed by atoms with Gasteiger partial charge in [0.2, 0.25) is 0 Å². The minimum absolute atomic E-state index is 0.0885. The standard InChI is InChI=1S/C7H4ClNO2/c8-7-9-5-2-1-4(10)3-6(5)11-7/h1-3,10H. The highest BCUT2D eigenvalue weighted by atomic mass is 35.5. The van der Waals surface area contributed by atoms with Crippen molar-refractivity contribution in [3.8, 4) is 5.75 Å². The molecule has 0 fully saturated rings. The number of phenols is 1. The summed E-state index contributed by atoms with van der Waals surface area (Å²) in [7, 11) is 0. The molecule has 1 aromatic heterocycles. The van der Waals surface area contributed by atoms with Crippen molar-refractivity contribution in [3.63, 3.8) is 0 Å². The molecule has 0 spiro atoms. The van der Waals surface area contributed by atoms with Crippen LogP contribution in [0.1, 0.15) is 0 Å². The van der Waals surface area contributed by atoms with E-state index in [1.54, 1.807) is 6.07 Å². The van der Waals surface area contributed by atoms with Crippen molar-refractivity contribution in [2.45, 2.75) is 0 Å². The normalized spacial score (nSPS) is 10.6. The predicted octanol–water partition coefficient (Wildman–Crippen LogP) is 2.19. The van der Waals surface area contributed by atoms with Crippen molar-refractivity contribution in [2.75, 3.05) is 0 Å². The van der Waals surface area contributed by atoms with Crippen LogP contribution in [0.25, 0.3) is 11.1 Å². The van der Waals surface area contributed by atoms with E-state index in [2.05, 4.69) is 4.98 Å². The maximum absolute atomic E-state index is 9.01. The molecule has 1 aromatic carbocycles. The first-order valence-corrected chi connectivity index (χ1v) is 3.38. The van der Waals surface area contributed by atoms with Gasteiger partial charge in [-0.15, -0.1) is 0 Å². The van der Waals surface area contributed by atoms with Gasteiger partial charge in [-0.25, -0.2) is 0 Å². The zero-order valence-corrected chi connectivity index (χ0v) is 6.17. The van der Waals surface area contributed by atoms with Gasteiger partial charge in [-0.05, 0) is 23.7 Å². The third kappa shape index (κ3) is 1.03. The quantitative estimate of drug-likeness (QED) is 0.658. The van der Waals surface area contributed by atoms with Gasteiger partial charge in [0, 0.05) is 6.07 Å². The second-order valence-electron chi connectivity index (χ2n) is 2.12. The van der Waals surface area contributed by atoms with Crippen molar-refractivity contribution < 1.29 is 9.52 Å². The number of rotatable bonds is 0. The molecular weight excluding hydrogens is 166 g/mol. The lowest BCUT2D eigenvalue weighted by Gasteiger charge is -1.86. The summed E-state index contributed by atoms with van der Waals surface area (Å²) in [6.45, 7) is 0. The molecule has 2 rings (SSSR count). The van der Waals surface area contributed by atoms with Gasteiger partial charge in [0.15, 0.2) is 5.58 Å². The number of aromatic hydroxyl groups is 1. The minimum atomic E-state index is 0.0885. The fourth-order valence-corrected chi connectivity index (χ4v) is 1.06. The number of phenolic OH excluding ortho intramolecular Hbond substituents is 1. The van der Waals surface area contributed by atoms with E-state index < -0.39 is 0 Å². The van der Waals surface area contributed by atoms with E-state index in [1.807, 2.05) is 0 Å². The zero-order valence-electron chi connectivity index (χ0n) is 5.41. The minimum Gasteiger partial charge on any atom is -0.508 e. The molecule has 0 unspecified atom stereocenters. The molecule has 0 aliphatic rings. The highest BCUT2D eigenvalue weighted by molar-refractivity contribution is 6.28. The molecular formula is C7H4ClNO2. The van der Waals surface area contributed by atoms with Gasteiger partial charge >= 0.3 is 0 Å². The molecule has 0 aliphatic heterocycles. The molecule has 0 atom stereocenters. The van der Waals surface area contributed by atoms with Crippen LogP contribution in [0.3, 0.4) is 0 Å². The van der Waals surface area contributed by atoms with Crippen molar-refractivity contribution in [3.05, 3.63) is 23.5 Å². The average Bonchev–Trinajstić information content (AvgIpc) is 2.27. The number of nitrogens with zero attached hydrogens (tertiary/aromatic N) is 1. The number of benzene rings is 1. The fourth-order valence-electron chi connectivity index (χ4n) is 0.885.